The van der Waals surface area contributed by atoms with Crippen LogP contribution in [0.15, 0.2) is 48.9 Å². The highest BCUT2D eigenvalue weighted by atomic mass is 16.6. The molecule has 1 saturated heterocycles. The van der Waals surface area contributed by atoms with E-state index in [2.05, 4.69) is 20.2 Å². The SMILES string of the molecule is O=[N+]([O-])c1c(O)cccc1Cc1ccn[nH]1.c1cnn(CN2CCCC2)c1. The molecule has 27 heavy (non-hydrogen) atoms. The molecule has 2 N–H and O–H groups in total. The molecule has 0 aliphatic carbocycles. The molecule has 0 amide bonds. The van der Waals surface area contributed by atoms with Crippen molar-refractivity contribution in [3.63, 3.8) is 0 Å². The van der Waals surface area contributed by atoms with Gasteiger partial charge in [0.2, 0.25) is 0 Å². The van der Waals surface area contributed by atoms with Gasteiger partial charge in [0.1, 0.15) is 0 Å². The minimum Gasteiger partial charge on any atom is -0.502 e. The van der Waals surface area contributed by atoms with Gasteiger partial charge >= 0.3 is 5.69 Å². The fourth-order valence-electron chi connectivity index (χ4n) is 3.03. The number of para-hydroxylation sites is 1. The van der Waals surface area contributed by atoms with Crippen LogP contribution in [0, 0.1) is 10.1 Å². The van der Waals surface area contributed by atoms with Crippen molar-refractivity contribution in [3.05, 3.63) is 70.3 Å². The molecular formula is C18H22N6O3. The van der Waals surface area contributed by atoms with Crippen molar-refractivity contribution in [2.45, 2.75) is 25.9 Å². The predicted octanol–water partition coefficient (Wildman–Crippen LogP) is 2.55. The van der Waals surface area contributed by atoms with Crippen molar-refractivity contribution in [3.8, 4) is 5.75 Å². The molecule has 0 unspecified atom stereocenters. The van der Waals surface area contributed by atoms with Crippen LogP contribution in [-0.4, -0.2) is 48.0 Å². The Hall–Kier alpha value is -3.20. The molecular weight excluding hydrogens is 348 g/mol. The van der Waals surface area contributed by atoms with E-state index in [0.717, 1.165) is 12.4 Å². The Morgan fingerprint density at radius 2 is 2.00 bits per heavy atom. The number of likely N-dealkylation sites (tertiary alicyclic amines) is 1. The van der Waals surface area contributed by atoms with Gasteiger partial charge in [0.05, 0.1) is 11.6 Å². The van der Waals surface area contributed by atoms with Crippen LogP contribution < -0.4 is 0 Å². The molecule has 1 aromatic carbocycles. The smallest absolute Gasteiger partial charge is 0.314 e. The molecule has 9 heteroatoms. The number of phenols is 1. The molecule has 0 bridgehead atoms. The standard InChI is InChI=1S/C10H9N3O3.C8H13N3/c14-9-3-1-2-7(10(9)13(15)16)6-8-4-5-11-12-8;1-2-6-10(5-1)8-11-7-3-4-9-11/h1-5,14H,6H2,(H,11,12);3-4,7H,1-2,5-6,8H2. The Morgan fingerprint density at radius 3 is 2.63 bits per heavy atom. The monoisotopic (exact) mass is 370 g/mol. The average molecular weight is 370 g/mol. The van der Waals surface area contributed by atoms with Crippen molar-refractivity contribution in [1.29, 1.82) is 0 Å². The third kappa shape index (κ3) is 5.14. The minimum atomic E-state index is -0.582. The fourth-order valence-corrected chi connectivity index (χ4v) is 3.03. The van der Waals surface area contributed by atoms with Crippen molar-refractivity contribution in [1.82, 2.24) is 24.9 Å². The van der Waals surface area contributed by atoms with Crippen LogP contribution in [0.1, 0.15) is 24.1 Å². The largest absolute Gasteiger partial charge is 0.502 e. The van der Waals surface area contributed by atoms with Gasteiger partial charge in [-0.25, -0.2) is 0 Å². The molecule has 1 fully saturated rings. The number of nitrogens with zero attached hydrogens (tertiary/aromatic N) is 5. The van der Waals surface area contributed by atoms with E-state index in [0.29, 0.717) is 12.0 Å². The number of nitro groups is 1. The molecule has 2 aromatic heterocycles. The van der Waals surface area contributed by atoms with Crippen molar-refractivity contribution >= 4 is 5.69 Å². The van der Waals surface area contributed by atoms with Crippen molar-refractivity contribution in [2.75, 3.05) is 13.1 Å². The molecule has 1 aliphatic heterocycles. The minimum absolute atomic E-state index is 0.253. The molecule has 4 rings (SSSR count). The van der Waals surface area contributed by atoms with Crippen molar-refractivity contribution < 1.29 is 10.0 Å². The lowest BCUT2D eigenvalue weighted by Crippen LogP contribution is -2.22. The van der Waals surface area contributed by atoms with E-state index >= 15 is 0 Å². The van der Waals surface area contributed by atoms with Gasteiger partial charge in [0, 0.05) is 36.3 Å². The summed E-state index contributed by atoms with van der Waals surface area (Å²) in [6.45, 7) is 3.44. The molecule has 0 spiro atoms. The first-order chi connectivity index (χ1) is 13.1. The Labute approximate surface area is 156 Å². The van der Waals surface area contributed by atoms with Crippen LogP contribution in [0.3, 0.4) is 0 Å². The van der Waals surface area contributed by atoms with Crippen LogP contribution in [0.4, 0.5) is 5.69 Å². The highest BCUT2D eigenvalue weighted by Crippen LogP contribution is 2.30. The Morgan fingerprint density at radius 1 is 1.19 bits per heavy atom. The lowest BCUT2D eigenvalue weighted by molar-refractivity contribution is -0.386. The highest BCUT2D eigenvalue weighted by Gasteiger charge is 2.19. The van der Waals surface area contributed by atoms with E-state index in [1.54, 1.807) is 24.4 Å². The number of benzene rings is 1. The maximum Gasteiger partial charge on any atom is 0.314 e. The fraction of sp³-hybridized carbons (Fsp3) is 0.333. The zero-order valence-electron chi connectivity index (χ0n) is 14.9. The number of phenolic OH excluding ortho intramolecular Hbond substituents is 1. The number of aromatic hydroxyl groups is 1. The van der Waals surface area contributed by atoms with Gasteiger partial charge in [-0.3, -0.25) is 24.8 Å². The summed E-state index contributed by atoms with van der Waals surface area (Å²) in [6, 6.07) is 8.19. The number of aromatic nitrogens is 4. The van der Waals surface area contributed by atoms with Crippen molar-refractivity contribution in [2.24, 2.45) is 0 Å². The summed E-state index contributed by atoms with van der Waals surface area (Å²) in [6.07, 6.45) is 8.45. The van der Waals surface area contributed by atoms with Crippen LogP contribution in [0.25, 0.3) is 0 Å². The van der Waals surface area contributed by atoms with E-state index < -0.39 is 4.92 Å². The first-order valence-electron chi connectivity index (χ1n) is 8.77. The Kier molecular flexibility index (Phi) is 6.16. The summed E-state index contributed by atoms with van der Waals surface area (Å²) in [4.78, 5) is 12.6. The van der Waals surface area contributed by atoms with Gasteiger partial charge < -0.3 is 5.11 Å². The second-order valence-electron chi connectivity index (χ2n) is 6.31. The lowest BCUT2D eigenvalue weighted by Gasteiger charge is -2.13. The first kappa shape index (κ1) is 18.6. The summed E-state index contributed by atoms with van der Waals surface area (Å²) in [5.41, 5.74) is 0.958. The lowest BCUT2D eigenvalue weighted by atomic mass is 10.1. The summed E-state index contributed by atoms with van der Waals surface area (Å²) < 4.78 is 1.98. The van der Waals surface area contributed by atoms with Gasteiger partial charge in [-0.15, -0.1) is 0 Å². The van der Waals surface area contributed by atoms with Gasteiger partial charge in [-0.05, 0) is 44.1 Å². The summed E-state index contributed by atoms with van der Waals surface area (Å²) in [5.74, 6) is -0.318. The van der Waals surface area contributed by atoms with E-state index in [9.17, 15) is 15.2 Å². The maximum atomic E-state index is 10.8. The molecule has 142 valence electrons. The third-order valence-corrected chi connectivity index (χ3v) is 4.32. The Balaban J connectivity index is 0.000000166. The van der Waals surface area contributed by atoms with Gasteiger partial charge in [0.25, 0.3) is 0 Å². The summed E-state index contributed by atoms with van der Waals surface area (Å²) >= 11 is 0. The van der Waals surface area contributed by atoms with E-state index in [1.165, 1.54) is 32.0 Å². The third-order valence-electron chi connectivity index (χ3n) is 4.32. The molecule has 1 aliphatic rings. The van der Waals surface area contributed by atoms with Gasteiger partial charge in [0.15, 0.2) is 5.75 Å². The van der Waals surface area contributed by atoms with Crippen LogP contribution in [-0.2, 0) is 13.1 Å². The average Bonchev–Trinajstić information content (AvgIpc) is 3.39. The predicted molar refractivity (Wildman–Crippen MR) is 99.2 cm³/mol. The molecule has 0 radical (unpaired) electrons. The molecule has 3 aromatic rings. The van der Waals surface area contributed by atoms with Crippen LogP contribution in [0.2, 0.25) is 0 Å². The number of hydrogen-bond acceptors (Lipinski definition) is 6. The molecule has 0 atom stereocenters. The number of rotatable bonds is 5. The topological polar surface area (TPSA) is 113 Å². The zero-order valence-corrected chi connectivity index (χ0v) is 14.9. The van der Waals surface area contributed by atoms with Gasteiger partial charge in [-0.1, -0.05) is 12.1 Å². The molecule has 0 saturated carbocycles. The molecule has 3 heterocycles. The number of aromatic amines is 1. The Bertz CT molecular complexity index is 842. The second-order valence-corrected chi connectivity index (χ2v) is 6.31. The number of H-pyrrole nitrogens is 1. The van der Waals surface area contributed by atoms with E-state index in [1.807, 2.05) is 23.1 Å². The normalized spacial score (nSPS) is 13.9. The van der Waals surface area contributed by atoms with Gasteiger partial charge in [-0.2, -0.15) is 10.2 Å². The van der Waals surface area contributed by atoms with E-state index in [-0.39, 0.29) is 11.4 Å². The number of nitrogens with one attached hydrogen (secondary N) is 1. The quantitative estimate of drug-likeness (QED) is 0.527. The number of hydrogen-bond donors (Lipinski definition) is 2. The zero-order chi connectivity index (χ0) is 19.1. The molecule has 9 nitrogen and oxygen atoms in total. The maximum absolute atomic E-state index is 10.8. The highest BCUT2D eigenvalue weighted by molar-refractivity contribution is 5.52. The summed E-state index contributed by atoms with van der Waals surface area (Å²) in [7, 11) is 0. The van der Waals surface area contributed by atoms with Crippen LogP contribution >= 0.6 is 0 Å². The van der Waals surface area contributed by atoms with Crippen LogP contribution in [0.5, 0.6) is 5.75 Å². The summed E-state index contributed by atoms with van der Waals surface area (Å²) in [5, 5.41) is 30.8. The first-order valence-corrected chi connectivity index (χ1v) is 8.77. The number of nitro benzene ring substituents is 1. The second kappa shape index (κ2) is 8.95. The van der Waals surface area contributed by atoms with E-state index in [4.69, 9.17) is 0 Å².